The monoisotopic (exact) mass is 293 g/mol. The van der Waals surface area contributed by atoms with E-state index in [-0.39, 0.29) is 6.61 Å². The van der Waals surface area contributed by atoms with Gasteiger partial charge >= 0.3 is 0 Å². The largest absolute Gasteiger partial charge is 0.476 e. The van der Waals surface area contributed by atoms with Crippen molar-refractivity contribution in [1.29, 1.82) is 0 Å². The molecule has 1 heterocycles. The summed E-state index contributed by atoms with van der Waals surface area (Å²) in [5.41, 5.74) is 7.08. The van der Waals surface area contributed by atoms with Crippen molar-refractivity contribution in [2.24, 2.45) is 0 Å². The molecule has 0 radical (unpaired) electrons. The summed E-state index contributed by atoms with van der Waals surface area (Å²) in [6.45, 7) is 2.84. The Balaban J connectivity index is 2.08. The molecule has 0 atom stereocenters. The fourth-order valence-electron chi connectivity index (χ4n) is 1.55. The lowest BCUT2D eigenvalue weighted by Gasteiger charge is -2.11. The third-order valence-corrected chi connectivity index (χ3v) is 2.94. The SMILES string of the molecule is CCCOc1ncnc(OCc2ccccc2Cl)c1N. The molecule has 2 aromatic rings. The summed E-state index contributed by atoms with van der Waals surface area (Å²) in [6.07, 6.45) is 2.24. The predicted octanol–water partition coefficient (Wildman–Crippen LogP) is 3.08. The minimum absolute atomic E-state index is 0.286. The van der Waals surface area contributed by atoms with E-state index in [1.54, 1.807) is 6.07 Å². The van der Waals surface area contributed by atoms with Gasteiger partial charge in [-0.15, -0.1) is 0 Å². The van der Waals surface area contributed by atoms with Gasteiger partial charge in [-0.2, -0.15) is 9.97 Å². The third-order valence-electron chi connectivity index (χ3n) is 2.58. The second-order valence-corrected chi connectivity index (χ2v) is 4.53. The lowest BCUT2D eigenvalue weighted by molar-refractivity contribution is 0.282. The van der Waals surface area contributed by atoms with E-state index >= 15 is 0 Å². The molecule has 0 unspecified atom stereocenters. The second-order valence-electron chi connectivity index (χ2n) is 4.13. The molecule has 0 aliphatic rings. The quantitative estimate of drug-likeness (QED) is 0.886. The number of anilines is 1. The average Bonchev–Trinajstić information content (AvgIpc) is 2.46. The van der Waals surface area contributed by atoms with Gasteiger partial charge in [-0.3, -0.25) is 0 Å². The molecule has 0 bridgehead atoms. The van der Waals surface area contributed by atoms with Gasteiger partial charge < -0.3 is 15.2 Å². The number of nitrogen functional groups attached to an aromatic ring is 1. The Labute approximate surface area is 122 Å². The number of benzene rings is 1. The van der Waals surface area contributed by atoms with Crippen LogP contribution in [0.25, 0.3) is 0 Å². The standard InChI is InChI=1S/C14H16ClN3O2/c1-2-7-19-13-12(16)14(18-9-17-13)20-8-10-5-3-4-6-11(10)15/h3-6,9H,2,7-8,16H2,1H3. The van der Waals surface area contributed by atoms with Crippen LogP contribution in [-0.2, 0) is 6.61 Å². The highest BCUT2D eigenvalue weighted by Gasteiger charge is 2.11. The summed E-state index contributed by atoms with van der Waals surface area (Å²) in [6, 6.07) is 7.44. The maximum absolute atomic E-state index is 6.06. The van der Waals surface area contributed by atoms with Gasteiger partial charge in [-0.1, -0.05) is 36.7 Å². The number of halogens is 1. The summed E-state index contributed by atoms with van der Waals surface area (Å²) >= 11 is 6.06. The molecule has 0 spiro atoms. The summed E-state index contributed by atoms with van der Waals surface area (Å²) < 4.78 is 11.0. The number of aromatic nitrogens is 2. The molecular weight excluding hydrogens is 278 g/mol. The number of rotatable bonds is 6. The zero-order chi connectivity index (χ0) is 14.4. The van der Waals surface area contributed by atoms with Crippen molar-refractivity contribution < 1.29 is 9.47 Å². The molecule has 20 heavy (non-hydrogen) atoms. The topological polar surface area (TPSA) is 70.3 Å². The molecule has 2 rings (SSSR count). The first-order valence-electron chi connectivity index (χ1n) is 6.31. The lowest BCUT2D eigenvalue weighted by Crippen LogP contribution is -2.06. The van der Waals surface area contributed by atoms with E-state index in [0.29, 0.717) is 29.1 Å². The van der Waals surface area contributed by atoms with Gasteiger partial charge in [-0.05, 0) is 12.5 Å². The van der Waals surface area contributed by atoms with E-state index in [1.165, 1.54) is 6.33 Å². The maximum atomic E-state index is 6.06. The van der Waals surface area contributed by atoms with Gasteiger partial charge in [0.15, 0.2) is 5.69 Å². The molecular formula is C14H16ClN3O2. The average molecular weight is 294 g/mol. The lowest BCUT2D eigenvalue weighted by atomic mass is 10.2. The third kappa shape index (κ3) is 3.51. The van der Waals surface area contributed by atoms with Crippen molar-refractivity contribution in [2.45, 2.75) is 20.0 Å². The molecule has 0 aliphatic heterocycles. The van der Waals surface area contributed by atoms with Gasteiger partial charge in [0.05, 0.1) is 6.61 Å². The molecule has 106 valence electrons. The number of nitrogens with two attached hydrogens (primary N) is 1. The Morgan fingerprint density at radius 3 is 2.55 bits per heavy atom. The smallest absolute Gasteiger partial charge is 0.244 e. The van der Waals surface area contributed by atoms with Crippen molar-refractivity contribution in [3.05, 3.63) is 41.2 Å². The van der Waals surface area contributed by atoms with Crippen molar-refractivity contribution in [2.75, 3.05) is 12.3 Å². The van der Waals surface area contributed by atoms with E-state index in [1.807, 2.05) is 25.1 Å². The zero-order valence-corrected chi connectivity index (χ0v) is 11.9. The fraction of sp³-hybridized carbons (Fsp3) is 0.286. The fourth-order valence-corrected chi connectivity index (χ4v) is 1.74. The summed E-state index contributed by atoms with van der Waals surface area (Å²) in [5.74, 6) is 0.641. The predicted molar refractivity (Wildman–Crippen MR) is 78.0 cm³/mol. The minimum Gasteiger partial charge on any atom is -0.476 e. The zero-order valence-electron chi connectivity index (χ0n) is 11.2. The minimum atomic E-state index is 0.286. The van der Waals surface area contributed by atoms with Crippen LogP contribution in [0.1, 0.15) is 18.9 Å². The van der Waals surface area contributed by atoms with Crippen molar-refractivity contribution in [1.82, 2.24) is 9.97 Å². The summed E-state index contributed by atoms with van der Waals surface area (Å²) in [7, 11) is 0. The summed E-state index contributed by atoms with van der Waals surface area (Å²) in [5, 5.41) is 0.641. The van der Waals surface area contributed by atoms with Gasteiger partial charge in [-0.25, -0.2) is 0 Å². The number of hydrogen-bond donors (Lipinski definition) is 1. The second kappa shape index (κ2) is 6.96. The van der Waals surface area contributed by atoms with Crippen LogP contribution in [0, 0.1) is 0 Å². The Morgan fingerprint density at radius 2 is 1.85 bits per heavy atom. The van der Waals surface area contributed by atoms with Crippen LogP contribution in [0.4, 0.5) is 5.69 Å². The van der Waals surface area contributed by atoms with Crippen LogP contribution >= 0.6 is 11.6 Å². The van der Waals surface area contributed by atoms with Gasteiger partial charge in [0, 0.05) is 10.6 Å². The van der Waals surface area contributed by atoms with Gasteiger partial charge in [0.25, 0.3) is 0 Å². The molecule has 0 aliphatic carbocycles. The van der Waals surface area contributed by atoms with Crippen LogP contribution in [-0.4, -0.2) is 16.6 Å². The molecule has 0 fully saturated rings. The molecule has 1 aromatic carbocycles. The molecule has 2 N–H and O–H groups in total. The van der Waals surface area contributed by atoms with Gasteiger partial charge in [0.2, 0.25) is 11.8 Å². The molecule has 0 amide bonds. The van der Waals surface area contributed by atoms with Crippen molar-refractivity contribution in [3.8, 4) is 11.8 Å². The van der Waals surface area contributed by atoms with E-state index < -0.39 is 0 Å². The van der Waals surface area contributed by atoms with Crippen LogP contribution in [0.3, 0.4) is 0 Å². The Hall–Kier alpha value is -2.01. The van der Waals surface area contributed by atoms with E-state index in [9.17, 15) is 0 Å². The number of ether oxygens (including phenoxy) is 2. The first-order chi connectivity index (χ1) is 9.72. The number of hydrogen-bond acceptors (Lipinski definition) is 5. The first-order valence-corrected chi connectivity index (χ1v) is 6.69. The van der Waals surface area contributed by atoms with Crippen molar-refractivity contribution in [3.63, 3.8) is 0 Å². The maximum Gasteiger partial charge on any atom is 0.244 e. The Morgan fingerprint density at radius 1 is 1.15 bits per heavy atom. The Kier molecular flexibility index (Phi) is 5.01. The molecule has 6 heteroatoms. The molecule has 5 nitrogen and oxygen atoms in total. The normalized spacial score (nSPS) is 10.3. The van der Waals surface area contributed by atoms with Crippen LogP contribution < -0.4 is 15.2 Å². The summed E-state index contributed by atoms with van der Waals surface area (Å²) in [4.78, 5) is 7.99. The molecule has 0 saturated carbocycles. The Bertz CT molecular complexity index is 578. The van der Waals surface area contributed by atoms with E-state index in [4.69, 9.17) is 26.8 Å². The highest BCUT2D eigenvalue weighted by Crippen LogP contribution is 2.28. The molecule has 0 saturated heterocycles. The van der Waals surface area contributed by atoms with E-state index in [0.717, 1.165) is 12.0 Å². The highest BCUT2D eigenvalue weighted by atomic mass is 35.5. The highest BCUT2D eigenvalue weighted by molar-refractivity contribution is 6.31. The van der Waals surface area contributed by atoms with E-state index in [2.05, 4.69) is 9.97 Å². The van der Waals surface area contributed by atoms with Crippen LogP contribution in [0.5, 0.6) is 11.8 Å². The van der Waals surface area contributed by atoms with Crippen molar-refractivity contribution >= 4 is 17.3 Å². The van der Waals surface area contributed by atoms with Gasteiger partial charge in [0.1, 0.15) is 12.9 Å². The van der Waals surface area contributed by atoms with Crippen LogP contribution in [0.2, 0.25) is 5.02 Å². The van der Waals surface area contributed by atoms with Crippen LogP contribution in [0.15, 0.2) is 30.6 Å². The first kappa shape index (κ1) is 14.4. The number of nitrogens with zero attached hydrogens (tertiary/aromatic N) is 2. The molecule has 1 aromatic heterocycles.